The number of hydrogen-bond acceptors (Lipinski definition) is 4. The van der Waals surface area contributed by atoms with Crippen LogP contribution in [-0.4, -0.2) is 11.1 Å². The Balaban J connectivity index is 2.86. The molecule has 0 bridgehead atoms. The molecule has 1 aromatic heterocycles. The highest BCUT2D eigenvalue weighted by Crippen LogP contribution is 2.29. The van der Waals surface area contributed by atoms with Crippen molar-refractivity contribution in [2.24, 2.45) is 11.3 Å². The molecule has 1 rings (SSSR count). The minimum atomic E-state index is 0.0909. The van der Waals surface area contributed by atoms with Crippen LogP contribution >= 0.6 is 0 Å². The average Bonchev–Trinajstić information content (AvgIpc) is 2.24. The van der Waals surface area contributed by atoms with E-state index in [2.05, 4.69) is 31.2 Å². The molecule has 4 nitrogen and oxygen atoms in total. The molecule has 102 valence electrons. The van der Waals surface area contributed by atoms with Gasteiger partial charge in [0.2, 0.25) is 0 Å². The summed E-state index contributed by atoms with van der Waals surface area (Å²) in [5, 5.41) is 0. The molecular weight excluding hydrogens is 226 g/mol. The highest BCUT2D eigenvalue weighted by atomic mass is 16.5. The van der Waals surface area contributed by atoms with Gasteiger partial charge in [-0.1, -0.05) is 20.8 Å². The van der Waals surface area contributed by atoms with Crippen LogP contribution < -0.4 is 16.0 Å². The highest BCUT2D eigenvalue weighted by molar-refractivity contribution is 5.26. The lowest BCUT2D eigenvalue weighted by Gasteiger charge is -2.25. The number of aromatic nitrogens is 1. The predicted molar refractivity (Wildman–Crippen MR) is 74.1 cm³/mol. The molecule has 1 unspecified atom stereocenters. The van der Waals surface area contributed by atoms with E-state index in [9.17, 15) is 0 Å². The van der Waals surface area contributed by atoms with Gasteiger partial charge in [-0.25, -0.2) is 0 Å². The molecule has 0 aliphatic heterocycles. The summed E-state index contributed by atoms with van der Waals surface area (Å²) < 4.78 is 5.65. The van der Waals surface area contributed by atoms with E-state index in [-0.39, 0.29) is 17.6 Å². The molecule has 0 radical (unpaired) electrons. The molecule has 4 heteroatoms. The molecule has 1 heterocycles. The lowest BCUT2D eigenvalue weighted by atomic mass is 9.86. The van der Waals surface area contributed by atoms with E-state index in [4.69, 9.17) is 10.6 Å². The number of hydrogen-bond donors (Lipinski definition) is 2. The fourth-order valence-corrected chi connectivity index (χ4v) is 1.85. The first-order chi connectivity index (χ1) is 8.31. The van der Waals surface area contributed by atoms with Crippen LogP contribution in [0.3, 0.4) is 0 Å². The number of nitrogens with one attached hydrogen (secondary N) is 1. The SMILES string of the molecule is CC(C)Oc1cncc(C(CC(C)(C)C)NN)c1. The molecule has 1 atom stereocenters. The summed E-state index contributed by atoms with van der Waals surface area (Å²) in [5.41, 5.74) is 4.12. The Bertz CT molecular complexity index is 372. The fourth-order valence-electron chi connectivity index (χ4n) is 1.85. The van der Waals surface area contributed by atoms with Crippen LogP contribution in [0.4, 0.5) is 0 Å². The van der Waals surface area contributed by atoms with Crippen molar-refractivity contribution in [2.45, 2.75) is 53.2 Å². The second kappa shape index (κ2) is 6.16. The van der Waals surface area contributed by atoms with Gasteiger partial charge in [0.15, 0.2) is 0 Å². The Kier molecular flexibility index (Phi) is 5.11. The summed E-state index contributed by atoms with van der Waals surface area (Å²) in [6.07, 6.45) is 4.66. The third-order valence-corrected chi connectivity index (χ3v) is 2.53. The summed E-state index contributed by atoms with van der Waals surface area (Å²) in [5.74, 6) is 6.43. The van der Waals surface area contributed by atoms with E-state index < -0.39 is 0 Å². The van der Waals surface area contributed by atoms with Gasteiger partial charge in [0.25, 0.3) is 0 Å². The second-order valence-electron chi connectivity index (χ2n) is 6.10. The van der Waals surface area contributed by atoms with Crippen LogP contribution in [0, 0.1) is 5.41 Å². The van der Waals surface area contributed by atoms with Gasteiger partial charge < -0.3 is 4.74 Å². The molecule has 0 saturated heterocycles. The molecule has 1 aromatic rings. The van der Waals surface area contributed by atoms with Gasteiger partial charge in [-0.3, -0.25) is 16.3 Å². The number of pyridine rings is 1. The molecule has 0 fully saturated rings. The first-order valence-electron chi connectivity index (χ1n) is 6.39. The minimum Gasteiger partial charge on any atom is -0.489 e. The summed E-state index contributed by atoms with van der Waals surface area (Å²) in [6.45, 7) is 10.6. The first kappa shape index (κ1) is 14.9. The van der Waals surface area contributed by atoms with E-state index >= 15 is 0 Å². The normalized spacial score (nSPS) is 13.7. The zero-order valence-electron chi connectivity index (χ0n) is 12.0. The van der Waals surface area contributed by atoms with E-state index in [1.807, 2.05) is 26.1 Å². The zero-order valence-corrected chi connectivity index (χ0v) is 12.0. The molecule has 0 saturated carbocycles. The number of ether oxygens (including phenoxy) is 1. The van der Waals surface area contributed by atoms with Crippen LogP contribution in [-0.2, 0) is 0 Å². The summed E-state index contributed by atoms with van der Waals surface area (Å²) in [7, 11) is 0. The molecule has 0 amide bonds. The van der Waals surface area contributed by atoms with Crippen LogP contribution in [0.2, 0.25) is 0 Å². The summed E-state index contributed by atoms with van der Waals surface area (Å²) in [6, 6.07) is 2.09. The van der Waals surface area contributed by atoms with Gasteiger partial charge >= 0.3 is 0 Å². The maximum atomic E-state index is 5.65. The predicted octanol–water partition coefficient (Wildman–Crippen LogP) is 2.81. The quantitative estimate of drug-likeness (QED) is 0.624. The molecule has 0 aliphatic rings. The van der Waals surface area contributed by atoms with E-state index in [1.165, 1.54) is 0 Å². The number of nitrogens with zero attached hydrogens (tertiary/aromatic N) is 1. The summed E-state index contributed by atoms with van der Waals surface area (Å²) >= 11 is 0. The zero-order chi connectivity index (χ0) is 13.8. The first-order valence-corrected chi connectivity index (χ1v) is 6.39. The summed E-state index contributed by atoms with van der Waals surface area (Å²) in [4.78, 5) is 4.22. The van der Waals surface area contributed by atoms with Crippen LogP contribution in [0.5, 0.6) is 5.75 Å². The van der Waals surface area contributed by atoms with Crippen molar-refractivity contribution in [1.29, 1.82) is 0 Å². The van der Waals surface area contributed by atoms with Crippen LogP contribution in [0.1, 0.15) is 52.6 Å². The van der Waals surface area contributed by atoms with Crippen molar-refractivity contribution in [3.05, 3.63) is 24.0 Å². The Morgan fingerprint density at radius 2 is 2.00 bits per heavy atom. The Morgan fingerprint density at radius 1 is 1.33 bits per heavy atom. The largest absolute Gasteiger partial charge is 0.489 e. The third-order valence-electron chi connectivity index (χ3n) is 2.53. The van der Waals surface area contributed by atoms with E-state index in [1.54, 1.807) is 6.20 Å². The van der Waals surface area contributed by atoms with Crippen molar-refractivity contribution in [1.82, 2.24) is 10.4 Å². The van der Waals surface area contributed by atoms with Crippen LogP contribution in [0.15, 0.2) is 18.5 Å². The van der Waals surface area contributed by atoms with Gasteiger partial charge in [0.05, 0.1) is 12.3 Å². The Morgan fingerprint density at radius 3 is 2.50 bits per heavy atom. The minimum absolute atomic E-state index is 0.0909. The average molecular weight is 251 g/mol. The van der Waals surface area contributed by atoms with Crippen molar-refractivity contribution in [3.8, 4) is 5.75 Å². The second-order valence-corrected chi connectivity index (χ2v) is 6.10. The standard InChI is InChI=1S/C14H25N3O/c1-10(2)18-12-6-11(8-16-9-12)13(17-15)7-14(3,4)5/h6,8-10,13,17H,7,15H2,1-5H3. The van der Waals surface area contributed by atoms with Gasteiger partial charge in [-0.2, -0.15) is 0 Å². The van der Waals surface area contributed by atoms with Crippen molar-refractivity contribution in [2.75, 3.05) is 0 Å². The molecule has 0 spiro atoms. The molecular formula is C14H25N3O. The topological polar surface area (TPSA) is 60.2 Å². The monoisotopic (exact) mass is 251 g/mol. The van der Waals surface area contributed by atoms with Gasteiger partial charge in [0, 0.05) is 12.2 Å². The van der Waals surface area contributed by atoms with Crippen molar-refractivity contribution < 1.29 is 4.74 Å². The number of rotatable bonds is 5. The van der Waals surface area contributed by atoms with Gasteiger partial charge in [-0.15, -0.1) is 0 Å². The van der Waals surface area contributed by atoms with E-state index in [0.717, 1.165) is 17.7 Å². The maximum Gasteiger partial charge on any atom is 0.138 e. The van der Waals surface area contributed by atoms with Gasteiger partial charge in [-0.05, 0) is 37.3 Å². The maximum absolute atomic E-state index is 5.65. The number of hydrazine groups is 1. The highest BCUT2D eigenvalue weighted by Gasteiger charge is 2.20. The molecule has 3 N–H and O–H groups in total. The van der Waals surface area contributed by atoms with E-state index in [0.29, 0.717) is 0 Å². The lowest BCUT2D eigenvalue weighted by Crippen LogP contribution is -2.31. The smallest absolute Gasteiger partial charge is 0.138 e. The number of nitrogens with two attached hydrogens (primary N) is 1. The van der Waals surface area contributed by atoms with Crippen LogP contribution in [0.25, 0.3) is 0 Å². The third kappa shape index (κ3) is 5.02. The fraction of sp³-hybridized carbons (Fsp3) is 0.643. The van der Waals surface area contributed by atoms with Gasteiger partial charge in [0.1, 0.15) is 5.75 Å². The molecule has 0 aliphatic carbocycles. The molecule has 0 aromatic carbocycles. The van der Waals surface area contributed by atoms with Crippen molar-refractivity contribution >= 4 is 0 Å². The Labute approximate surface area is 110 Å². The lowest BCUT2D eigenvalue weighted by molar-refractivity contribution is 0.240. The molecule has 18 heavy (non-hydrogen) atoms. The Hall–Kier alpha value is -1.13. The van der Waals surface area contributed by atoms with Crippen molar-refractivity contribution in [3.63, 3.8) is 0 Å².